The molecule has 4 aromatic rings. The number of nitrogens with one attached hydrogen (secondary N) is 1. The zero-order valence-corrected chi connectivity index (χ0v) is 20.4. The van der Waals surface area contributed by atoms with Crippen LogP contribution in [0.25, 0.3) is 22.0 Å². The van der Waals surface area contributed by atoms with Gasteiger partial charge < -0.3 is 10.2 Å². The molecule has 2 aromatic heterocycles. The Morgan fingerprint density at radius 1 is 1.00 bits per heavy atom. The SMILES string of the molecule is CC=CN1CCC(c2cc(-c3ccc(C(=O)Nc4cccc(C5CC5)c4)nc3)cc3cncnc23)C1. The lowest BCUT2D eigenvalue weighted by molar-refractivity contribution is 0.102. The zero-order valence-electron chi connectivity index (χ0n) is 20.4. The number of amides is 1. The van der Waals surface area contributed by atoms with Crippen LogP contribution in [0.15, 0.2) is 79.5 Å². The van der Waals surface area contributed by atoms with Gasteiger partial charge in [-0.3, -0.25) is 9.78 Å². The summed E-state index contributed by atoms with van der Waals surface area (Å²) in [5, 5.41) is 4.02. The molecule has 1 aliphatic heterocycles. The molecule has 1 saturated heterocycles. The third-order valence-electron chi connectivity index (χ3n) is 7.18. The Morgan fingerprint density at radius 3 is 2.72 bits per heavy atom. The van der Waals surface area contributed by atoms with Gasteiger partial charge in [-0.25, -0.2) is 9.97 Å². The molecule has 0 spiro atoms. The second-order valence-electron chi connectivity index (χ2n) is 9.77. The van der Waals surface area contributed by atoms with Crippen LogP contribution in [0.4, 0.5) is 5.69 Å². The van der Waals surface area contributed by atoms with E-state index in [-0.39, 0.29) is 5.91 Å². The summed E-state index contributed by atoms with van der Waals surface area (Å²) in [6.45, 7) is 4.08. The zero-order chi connectivity index (χ0) is 24.5. The number of carbonyl (C=O) groups excluding carboxylic acids is 1. The van der Waals surface area contributed by atoms with E-state index in [2.05, 4.69) is 68.6 Å². The summed E-state index contributed by atoms with van der Waals surface area (Å²) in [6.07, 6.45) is 13.1. The lowest BCUT2D eigenvalue weighted by Gasteiger charge is -2.16. The number of rotatable bonds is 6. The lowest BCUT2D eigenvalue weighted by Crippen LogP contribution is -2.13. The fourth-order valence-corrected chi connectivity index (χ4v) is 5.18. The summed E-state index contributed by atoms with van der Waals surface area (Å²) in [6, 6.07) is 16.2. The fourth-order valence-electron chi connectivity index (χ4n) is 5.18. The van der Waals surface area contributed by atoms with E-state index in [0.717, 1.165) is 47.2 Å². The summed E-state index contributed by atoms with van der Waals surface area (Å²) in [7, 11) is 0. The number of anilines is 1. The first-order valence-electron chi connectivity index (χ1n) is 12.7. The van der Waals surface area contributed by atoms with E-state index in [9.17, 15) is 4.79 Å². The van der Waals surface area contributed by atoms with Gasteiger partial charge in [0.05, 0.1) is 5.52 Å². The van der Waals surface area contributed by atoms with Gasteiger partial charge >= 0.3 is 0 Å². The quantitative estimate of drug-likeness (QED) is 0.362. The summed E-state index contributed by atoms with van der Waals surface area (Å²) in [4.78, 5) is 28.6. The molecule has 1 aliphatic carbocycles. The number of aromatic nitrogens is 3. The Labute approximate surface area is 211 Å². The van der Waals surface area contributed by atoms with Gasteiger partial charge in [-0.05, 0) is 85.3 Å². The fraction of sp³-hybridized carbons (Fsp3) is 0.267. The maximum Gasteiger partial charge on any atom is 0.274 e. The third-order valence-corrected chi connectivity index (χ3v) is 7.18. The predicted octanol–water partition coefficient (Wildman–Crippen LogP) is 6.14. The number of carbonyl (C=O) groups is 1. The molecule has 180 valence electrons. The minimum absolute atomic E-state index is 0.197. The van der Waals surface area contributed by atoms with Gasteiger partial charge in [0.25, 0.3) is 5.91 Å². The van der Waals surface area contributed by atoms with Crippen LogP contribution in [0.2, 0.25) is 0 Å². The van der Waals surface area contributed by atoms with Gasteiger partial charge in [0, 0.05) is 48.0 Å². The van der Waals surface area contributed by atoms with Gasteiger partial charge in [-0.1, -0.05) is 24.3 Å². The van der Waals surface area contributed by atoms with Gasteiger partial charge in [0.15, 0.2) is 0 Å². The van der Waals surface area contributed by atoms with Gasteiger partial charge in [-0.2, -0.15) is 0 Å². The van der Waals surface area contributed by atoms with E-state index in [1.54, 1.807) is 18.6 Å². The highest BCUT2D eigenvalue weighted by Crippen LogP contribution is 2.40. The van der Waals surface area contributed by atoms with Crippen molar-refractivity contribution in [2.24, 2.45) is 0 Å². The van der Waals surface area contributed by atoms with E-state index < -0.39 is 0 Å². The molecule has 36 heavy (non-hydrogen) atoms. The monoisotopic (exact) mass is 475 g/mol. The standard InChI is InChI=1S/C30H29N5O/c1-2-11-35-12-10-23(18-35)27-15-24(13-25-16-31-19-33-29(25)27)22-8-9-28(32-17-22)30(36)34-26-5-3-4-21(14-26)20-6-7-20/h2-5,8-9,11,13-17,19-20,23H,6-7,10,12,18H2,1H3,(H,34,36). The third kappa shape index (κ3) is 4.59. The first-order chi connectivity index (χ1) is 17.7. The van der Waals surface area contributed by atoms with E-state index in [1.165, 1.54) is 24.0 Å². The van der Waals surface area contributed by atoms with E-state index in [0.29, 0.717) is 17.5 Å². The van der Waals surface area contributed by atoms with Gasteiger partial charge in [0.2, 0.25) is 0 Å². The second kappa shape index (κ2) is 9.53. The molecule has 6 heteroatoms. The first-order valence-corrected chi connectivity index (χ1v) is 12.7. The van der Waals surface area contributed by atoms with Crippen molar-refractivity contribution in [3.63, 3.8) is 0 Å². The van der Waals surface area contributed by atoms with Crippen molar-refractivity contribution in [3.05, 3.63) is 96.3 Å². The number of benzene rings is 2. The van der Waals surface area contributed by atoms with Gasteiger partial charge in [0.1, 0.15) is 12.0 Å². The molecule has 2 aromatic carbocycles. The molecule has 1 atom stereocenters. The van der Waals surface area contributed by atoms with Crippen LogP contribution in [0.5, 0.6) is 0 Å². The molecule has 1 amide bonds. The number of nitrogens with zero attached hydrogens (tertiary/aromatic N) is 4. The molecule has 1 saturated carbocycles. The molecule has 2 fully saturated rings. The normalized spacial score (nSPS) is 17.7. The maximum atomic E-state index is 12.8. The van der Waals surface area contributed by atoms with Crippen molar-refractivity contribution >= 4 is 22.5 Å². The number of pyridine rings is 1. The first kappa shape index (κ1) is 22.4. The van der Waals surface area contributed by atoms with Crippen LogP contribution in [-0.2, 0) is 0 Å². The number of hydrogen-bond acceptors (Lipinski definition) is 5. The van der Waals surface area contributed by atoms with E-state index in [1.807, 2.05) is 24.4 Å². The summed E-state index contributed by atoms with van der Waals surface area (Å²) in [5.74, 6) is 0.854. The smallest absolute Gasteiger partial charge is 0.274 e. The van der Waals surface area contributed by atoms with Gasteiger partial charge in [-0.15, -0.1) is 0 Å². The minimum atomic E-state index is -0.197. The van der Waals surface area contributed by atoms with E-state index >= 15 is 0 Å². The Morgan fingerprint density at radius 2 is 1.92 bits per heavy atom. The Kier molecular flexibility index (Phi) is 5.93. The van der Waals surface area contributed by atoms with Crippen LogP contribution in [0, 0.1) is 0 Å². The average molecular weight is 476 g/mol. The maximum absolute atomic E-state index is 12.8. The van der Waals surface area contributed by atoms with Crippen molar-refractivity contribution in [2.75, 3.05) is 18.4 Å². The highest BCUT2D eigenvalue weighted by atomic mass is 16.1. The summed E-state index contributed by atoms with van der Waals surface area (Å²) < 4.78 is 0. The van der Waals surface area contributed by atoms with Crippen molar-refractivity contribution < 1.29 is 4.79 Å². The number of hydrogen-bond donors (Lipinski definition) is 1. The van der Waals surface area contributed by atoms with Crippen LogP contribution >= 0.6 is 0 Å². The molecule has 6 rings (SSSR count). The van der Waals surface area contributed by atoms with Crippen molar-refractivity contribution in [3.8, 4) is 11.1 Å². The number of allylic oxidation sites excluding steroid dienone is 1. The highest BCUT2D eigenvalue weighted by molar-refractivity contribution is 6.03. The number of likely N-dealkylation sites (tertiary alicyclic amines) is 1. The summed E-state index contributed by atoms with van der Waals surface area (Å²) in [5.41, 5.74) is 6.80. The second-order valence-corrected chi connectivity index (χ2v) is 9.77. The van der Waals surface area contributed by atoms with Crippen molar-refractivity contribution in [2.45, 2.75) is 38.0 Å². The Bertz CT molecular complexity index is 1440. The molecule has 0 bridgehead atoms. The molecule has 3 heterocycles. The number of fused-ring (bicyclic) bond motifs is 1. The van der Waals surface area contributed by atoms with E-state index in [4.69, 9.17) is 0 Å². The largest absolute Gasteiger partial charge is 0.377 e. The Hall–Kier alpha value is -4.06. The molecule has 6 nitrogen and oxygen atoms in total. The molecule has 2 aliphatic rings. The highest BCUT2D eigenvalue weighted by Gasteiger charge is 2.25. The van der Waals surface area contributed by atoms with Crippen LogP contribution < -0.4 is 5.32 Å². The molecular formula is C30H29N5O. The molecule has 0 radical (unpaired) electrons. The van der Waals surface area contributed by atoms with Crippen LogP contribution in [0.3, 0.4) is 0 Å². The molecular weight excluding hydrogens is 446 g/mol. The average Bonchev–Trinajstić information content (AvgIpc) is 3.67. The van der Waals surface area contributed by atoms with Crippen LogP contribution in [0.1, 0.15) is 59.6 Å². The topological polar surface area (TPSA) is 71.0 Å². The lowest BCUT2D eigenvalue weighted by atomic mass is 9.92. The predicted molar refractivity (Wildman–Crippen MR) is 143 cm³/mol. The van der Waals surface area contributed by atoms with Crippen molar-refractivity contribution in [1.82, 2.24) is 19.9 Å². The molecule has 1 N–H and O–H groups in total. The molecule has 1 unspecified atom stereocenters. The summed E-state index contributed by atoms with van der Waals surface area (Å²) >= 11 is 0. The Balaban J connectivity index is 1.25. The minimum Gasteiger partial charge on any atom is -0.377 e. The van der Waals surface area contributed by atoms with Crippen molar-refractivity contribution in [1.29, 1.82) is 0 Å². The van der Waals surface area contributed by atoms with Crippen LogP contribution in [-0.4, -0.2) is 38.8 Å².